The van der Waals surface area contributed by atoms with Crippen LogP contribution in [-0.4, -0.2) is 10.8 Å². The van der Waals surface area contributed by atoms with E-state index >= 15 is 0 Å². The highest BCUT2D eigenvalue weighted by Crippen LogP contribution is 2.26. The molecule has 0 radical (unpaired) electrons. The Morgan fingerprint density at radius 1 is 1.21 bits per heavy atom. The van der Waals surface area contributed by atoms with E-state index in [1.165, 1.54) is 0 Å². The van der Waals surface area contributed by atoms with Crippen molar-refractivity contribution in [3.05, 3.63) is 63.7 Å². The van der Waals surface area contributed by atoms with Crippen molar-refractivity contribution in [2.24, 2.45) is 0 Å². The molecule has 0 fully saturated rings. The lowest BCUT2D eigenvalue weighted by Crippen LogP contribution is -2.02. The van der Waals surface area contributed by atoms with Crippen LogP contribution in [0.3, 0.4) is 0 Å². The Morgan fingerprint density at radius 3 is 2.79 bits per heavy atom. The van der Waals surface area contributed by atoms with Gasteiger partial charge in [0.25, 0.3) is 0 Å². The maximum Gasteiger partial charge on any atom is 0.178 e. The van der Waals surface area contributed by atoms with Gasteiger partial charge in [-0.15, -0.1) is 11.3 Å². The summed E-state index contributed by atoms with van der Waals surface area (Å²) >= 11 is 4.88. The first-order chi connectivity index (χ1) is 9.22. The average Bonchev–Trinajstić information content (AvgIpc) is 2.85. The molecule has 0 saturated heterocycles. The lowest BCUT2D eigenvalue weighted by molar-refractivity contribution is 0.0996. The number of carbonyl (C=O) groups is 1. The van der Waals surface area contributed by atoms with Gasteiger partial charge in [0.05, 0.1) is 11.3 Å². The van der Waals surface area contributed by atoms with E-state index in [2.05, 4.69) is 20.9 Å². The summed E-state index contributed by atoms with van der Waals surface area (Å²) in [6.45, 7) is 0. The third-order valence-corrected chi connectivity index (χ3v) is 4.46. The molecule has 0 aliphatic rings. The van der Waals surface area contributed by atoms with Gasteiger partial charge in [-0.3, -0.25) is 9.78 Å². The lowest BCUT2D eigenvalue weighted by atomic mass is 10.1. The second-order valence-corrected chi connectivity index (χ2v) is 6.22. The molecule has 2 nitrogen and oxygen atoms in total. The van der Waals surface area contributed by atoms with Gasteiger partial charge in [0.15, 0.2) is 5.78 Å². The highest BCUT2D eigenvalue weighted by molar-refractivity contribution is 9.10. The maximum atomic E-state index is 12.2. The van der Waals surface area contributed by atoms with Crippen LogP contribution in [0.25, 0.3) is 10.1 Å². The molecule has 0 bridgehead atoms. The van der Waals surface area contributed by atoms with Crippen LogP contribution in [0, 0.1) is 0 Å². The monoisotopic (exact) mass is 331 g/mol. The number of carbonyl (C=O) groups excluding carboxylic acids is 1. The van der Waals surface area contributed by atoms with Crippen LogP contribution in [0.2, 0.25) is 0 Å². The van der Waals surface area contributed by atoms with Crippen LogP contribution >= 0.6 is 27.3 Å². The molecule has 0 unspecified atom stereocenters. The van der Waals surface area contributed by atoms with Gasteiger partial charge in [0.2, 0.25) is 0 Å². The molecule has 94 valence electrons. The van der Waals surface area contributed by atoms with E-state index in [0.717, 1.165) is 25.1 Å². The minimum absolute atomic E-state index is 0.121. The van der Waals surface area contributed by atoms with Gasteiger partial charge in [-0.25, -0.2) is 0 Å². The standard InChI is InChI=1S/C15H10BrNOS/c16-11-5-6-12(17-9-11)8-13(18)15-7-10-3-1-2-4-14(10)19-15/h1-7,9H,8H2. The first-order valence-electron chi connectivity index (χ1n) is 5.84. The predicted molar refractivity (Wildman–Crippen MR) is 81.8 cm³/mol. The van der Waals surface area contributed by atoms with Gasteiger partial charge in [0, 0.05) is 21.1 Å². The number of Topliss-reactive ketones (excluding diaryl/α,β-unsaturated/α-hetero) is 1. The highest BCUT2D eigenvalue weighted by atomic mass is 79.9. The Labute approximate surface area is 123 Å². The number of halogens is 1. The maximum absolute atomic E-state index is 12.2. The summed E-state index contributed by atoms with van der Waals surface area (Å²) in [4.78, 5) is 17.3. The van der Waals surface area contributed by atoms with Crippen molar-refractivity contribution in [2.75, 3.05) is 0 Å². The van der Waals surface area contributed by atoms with Gasteiger partial charge < -0.3 is 0 Å². The number of thiophene rings is 1. The van der Waals surface area contributed by atoms with Crippen molar-refractivity contribution < 1.29 is 4.79 Å². The summed E-state index contributed by atoms with van der Waals surface area (Å²) in [5.41, 5.74) is 0.797. The van der Waals surface area contributed by atoms with Crippen molar-refractivity contribution >= 4 is 43.1 Å². The number of fused-ring (bicyclic) bond motifs is 1. The Balaban J connectivity index is 1.85. The van der Waals surface area contributed by atoms with Gasteiger partial charge in [-0.1, -0.05) is 18.2 Å². The molecule has 2 heterocycles. The first-order valence-corrected chi connectivity index (χ1v) is 7.45. The predicted octanol–water partition coefficient (Wildman–Crippen LogP) is 4.48. The number of rotatable bonds is 3. The number of hydrogen-bond donors (Lipinski definition) is 0. The van der Waals surface area contributed by atoms with Crippen LogP contribution in [0.5, 0.6) is 0 Å². The van der Waals surface area contributed by atoms with E-state index in [-0.39, 0.29) is 5.78 Å². The molecule has 0 aliphatic carbocycles. The second kappa shape index (κ2) is 5.23. The first kappa shape index (κ1) is 12.5. The zero-order chi connectivity index (χ0) is 13.2. The summed E-state index contributed by atoms with van der Waals surface area (Å²) in [6, 6.07) is 13.8. The molecule has 0 saturated carbocycles. The van der Waals surface area contributed by atoms with Gasteiger partial charge in [0.1, 0.15) is 0 Å². The summed E-state index contributed by atoms with van der Waals surface area (Å²) in [5, 5.41) is 1.12. The quantitative estimate of drug-likeness (QED) is 0.662. The van der Waals surface area contributed by atoms with Crippen LogP contribution in [0.1, 0.15) is 15.4 Å². The highest BCUT2D eigenvalue weighted by Gasteiger charge is 2.11. The summed E-state index contributed by atoms with van der Waals surface area (Å²) in [6.07, 6.45) is 2.06. The van der Waals surface area contributed by atoms with Gasteiger partial charge in [-0.2, -0.15) is 0 Å². The van der Waals surface area contributed by atoms with E-state index in [9.17, 15) is 4.79 Å². The van der Waals surface area contributed by atoms with Crippen molar-refractivity contribution in [2.45, 2.75) is 6.42 Å². The zero-order valence-electron chi connectivity index (χ0n) is 9.97. The molecule has 19 heavy (non-hydrogen) atoms. The molecule has 2 aromatic heterocycles. The van der Waals surface area contributed by atoms with Crippen molar-refractivity contribution in [1.29, 1.82) is 0 Å². The third kappa shape index (κ3) is 2.74. The van der Waals surface area contributed by atoms with Crippen LogP contribution < -0.4 is 0 Å². The van der Waals surface area contributed by atoms with E-state index in [0.29, 0.717) is 6.42 Å². The number of aromatic nitrogens is 1. The molecule has 0 aliphatic heterocycles. The number of benzene rings is 1. The number of nitrogens with zero attached hydrogens (tertiary/aromatic N) is 1. The van der Waals surface area contributed by atoms with Gasteiger partial charge in [-0.05, 0) is 45.6 Å². The van der Waals surface area contributed by atoms with E-state index in [1.54, 1.807) is 17.5 Å². The van der Waals surface area contributed by atoms with Gasteiger partial charge >= 0.3 is 0 Å². The molecular weight excluding hydrogens is 322 g/mol. The number of hydrogen-bond acceptors (Lipinski definition) is 3. The SMILES string of the molecule is O=C(Cc1ccc(Br)cn1)c1cc2ccccc2s1. The van der Waals surface area contributed by atoms with Crippen LogP contribution in [-0.2, 0) is 6.42 Å². The Bertz CT molecular complexity index is 700. The Kier molecular flexibility index (Phi) is 3.44. The molecule has 0 N–H and O–H groups in total. The summed E-state index contributed by atoms with van der Waals surface area (Å²) < 4.78 is 2.07. The number of ketones is 1. The molecule has 0 amide bonds. The molecule has 3 rings (SSSR count). The largest absolute Gasteiger partial charge is 0.293 e. The molecule has 3 aromatic rings. The Hall–Kier alpha value is -1.52. The zero-order valence-corrected chi connectivity index (χ0v) is 12.4. The fraction of sp³-hybridized carbons (Fsp3) is 0.0667. The van der Waals surface area contributed by atoms with Crippen LogP contribution in [0.15, 0.2) is 53.1 Å². The second-order valence-electron chi connectivity index (χ2n) is 4.22. The third-order valence-electron chi connectivity index (χ3n) is 2.83. The summed E-state index contributed by atoms with van der Waals surface area (Å²) in [5.74, 6) is 0.121. The molecule has 0 atom stereocenters. The topological polar surface area (TPSA) is 30.0 Å². The van der Waals surface area contributed by atoms with Crippen molar-refractivity contribution in [1.82, 2.24) is 4.98 Å². The van der Waals surface area contributed by atoms with E-state index in [4.69, 9.17) is 0 Å². The molecule has 0 spiro atoms. The minimum atomic E-state index is 0.121. The Morgan fingerprint density at radius 2 is 2.05 bits per heavy atom. The lowest BCUT2D eigenvalue weighted by Gasteiger charge is -1.98. The fourth-order valence-electron chi connectivity index (χ4n) is 1.88. The summed E-state index contributed by atoms with van der Waals surface area (Å²) in [7, 11) is 0. The average molecular weight is 332 g/mol. The molecule has 1 aromatic carbocycles. The van der Waals surface area contributed by atoms with E-state index < -0.39 is 0 Å². The normalized spacial score (nSPS) is 10.8. The number of pyridine rings is 1. The van der Waals surface area contributed by atoms with Crippen LogP contribution in [0.4, 0.5) is 0 Å². The fourth-order valence-corrected chi connectivity index (χ4v) is 3.12. The van der Waals surface area contributed by atoms with Crippen molar-refractivity contribution in [3.8, 4) is 0 Å². The smallest absolute Gasteiger partial charge is 0.178 e. The van der Waals surface area contributed by atoms with Crippen molar-refractivity contribution in [3.63, 3.8) is 0 Å². The molecular formula is C15H10BrNOS. The van der Waals surface area contributed by atoms with E-state index in [1.807, 2.05) is 42.5 Å². The molecule has 4 heteroatoms. The minimum Gasteiger partial charge on any atom is -0.293 e.